The van der Waals surface area contributed by atoms with E-state index in [-0.39, 0.29) is 24.0 Å². The van der Waals surface area contributed by atoms with Gasteiger partial charge in [-0.15, -0.1) is 5.10 Å². The third kappa shape index (κ3) is 3.13. The fraction of sp³-hybridized carbons (Fsp3) is 0.417. The second-order valence-corrected chi connectivity index (χ2v) is 4.55. The van der Waals surface area contributed by atoms with E-state index >= 15 is 0 Å². The smallest absolute Gasteiger partial charge is 0.310 e. The first-order chi connectivity index (χ1) is 9.39. The highest BCUT2D eigenvalue weighted by molar-refractivity contribution is 5.30. The van der Waals surface area contributed by atoms with Gasteiger partial charge in [0.05, 0.1) is 6.20 Å². The van der Waals surface area contributed by atoms with Gasteiger partial charge in [0.15, 0.2) is 11.5 Å². The van der Waals surface area contributed by atoms with Gasteiger partial charge in [-0.3, -0.25) is 0 Å². The molecule has 2 aromatic rings. The number of hydrogen-bond acceptors (Lipinski definition) is 4. The molecule has 5 nitrogen and oxygen atoms in total. The van der Waals surface area contributed by atoms with Crippen LogP contribution in [0.25, 0.3) is 5.82 Å². The lowest BCUT2D eigenvalue weighted by Crippen LogP contribution is -2.24. The highest BCUT2D eigenvalue weighted by atomic mass is 19.4. The second kappa shape index (κ2) is 5.58. The lowest BCUT2D eigenvalue weighted by molar-refractivity contribution is -0.143. The molecule has 0 aromatic carbocycles. The number of hydrogen-bond donors (Lipinski definition) is 1. The summed E-state index contributed by atoms with van der Waals surface area (Å²) in [4.78, 5) is 0. The lowest BCUT2D eigenvalue weighted by Gasteiger charge is -2.13. The van der Waals surface area contributed by atoms with Crippen molar-refractivity contribution in [3.05, 3.63) is 35.8 Å². The normalized spacial score (nSPS) is 12.1. The van der Waals surface area contributed by atoms with Gasteiger partial charge in [0.25, 0.3) is 0 Å². The van der Waals surface area contributed by atoms with Crippen LogP contribution in [0.4, 0.5) is 13.2 Å². The molecular weight excluding hydrogens is 271 g/mol. The second-order valence-electron chi connectivity index (χ2n) is 4.55. The van der Waals surface area contributed by atoms with Crippen LogP contribution in [0.15, 0.2) is 24.5 Å². The monoisotopic (exact) mass is 285 g/mol. The average molecular weight is 285 g/mol. The van der Waals surface area contributed by atoms with Crippen LogP contribution in [-0.4, -0.2) is 26.0 Å². The predicted molar refractivity (Wildman–Crippen MR) is 66.1 cm³/mol. The van der Waals surface area contributed by atoms with E-state index in [4.69, 9.17) is 0 Å². The zero-order valence-electron chi connectivity index (χ0n) is 11.0. The molecule has 0 fully saturated rings. The van der Waals surface area contributed by atoms with E-state index in [9.17, 15) is 13.2 Å². The number of aromatic nitrogens is 4. The standard InChI is InChI=1S/C12H14F3N5/c1-8(2)16-6-9-7-18-20(11(9)12(13,14)15)10-4-3-5-17-19-10/h3-5,7-8,16H,6H2,1-2H3. The molecule has 108 valence electrons. The largest absolute Gasteiger partial charge is 0.433 e. The van der Waals surface area contributed by atoms with E-state index < -0.39 is 11.9 Å². The summed E-state index contributed by atoms with van der Waals surface area (Å²) in [6, 6.07) is 3.02. The Kier molecular flexibility index (Phi) is 4.03. The molecule has 20 heavy (non-hydrogen) atoms. The summed E-state index contributed by atoms with van der Waals surface area (Å²) < 4.78 is 40.4. The Balaban J connectivity index is 2.43. The molecule has 0 saturated carbocycles. The minimum absolute atomic E-state index is 0.0376. The van der Waals surface area contributed by atoms with Crippen LogP contribution in [0, 0.1) is 0 Å². The van der Waals surface area contributed by atoms with Crippen molar-refractivity contribution >= 4 is 0 Å². The molecule has 2 rings (SSSR count). The van der Waals surface area contributed by atoms with Gasteiger partial charge in [-0.05, 0) is 12.1 Å². The van der Waals surface area contributed by atoms with Gasteiger partial charge < -0.3 is 5.32 Å². The summed E-state index contributed by atoms with van der Waals surface area (Å²) in [6.45, 7) is 3.81. The molecule has 2 heterocycles. The first-order valence-electron chi connectivity index (χ1n) is 6.05. The molecule has 0 unspecified atom stereocenters. The Morgan fingerprint density at radius 1 is 1.35 bits per heavy atom. The maximum atomic E-state index is 13.2. The van der Waals surface area contributed by atoms with Crippen molar-refractivity contribution in [1.29, 1.82) is 0 Å². The Morgan fingerprint density at radius 3 is 2.65 bits per heavy atom. The van der Waals surface area contributed by atoms with Gasteiger partial charge in [0.1, 0.15) is 0 Å². The van der Waals surface area contributed by atoms with Crippen molar-refractivity contribution in [2.45, 2.75) is 32.6 Å². The Hall–Kier alpha value is -1.96. The summed E-state index contributed by atoms with van der Waals surface area (Å²) in [5.74, 6) is 0.0376. The highest BCUT2D eigenvalue weighted by Crippen LogP contribution is 2.33. The van der Waals surface area contributed by atoms with E-state index in [1.54, 1.807) is 0 Å². The SMILES string of the molecule is CC(C)NCc1cnn(-c2cccnn2)c1C(F)(F)F. The fourth-order valence-electron chi connectivity index (χ4n) is 1.71. The lowest BCUT2D eigenvalue weighted by atomic mass is 10.2. The Labute approximate surface area is 113 Å². The quantitative estimate of drug-likeness (QED) is 0.935. The summed E-state index contributed by atoms with van der Waals surface area (Å²) >= 11 is 0. The van der Waals surface area contributed by atoms with Gasteiger partial charge in [0.2, 0.25) is 0 Å². The topological polar surface area (TPSA) is 55.6 Å². The van der Waals surface area contributed by atoms with Gasteiger partial charge in [-0.2, -0.15) is 23.4 Å². The fourth-order valence-corrected chi connectivity index (χ4v) is 1.71. The van der Waals surface area contributed by atoms with Crippen LogP contribution in [0.3, 0.4) is 0 Å². The molecule has 0 atom stereocenters. The number of nitrogens with zero attached hydrogens (tertiary/aromatic N) is 4. The van der Waals surface area contributed by atoms with E-state index in [1.807, 2.05) is 13.8 Å². The highest BCUT2D eigenvalue weighted by Gasteiger charge is 2.38. The van der Waals surface area contributed by atoms with Gasteiger partial charge in [0, 0.05) is 24.3 Å². The third-order valence-electron chi connectivity index (χ3n) is 2.59. The molecule has 0 radical (unpaired) electrons. The van der Waals surface area contributed by atoms with Crippen molar-refractivity contribution in [1.82, 2.24) is 25.3 Å². The Bertz CT molecular complexity index is 562. The molecule has 0 bridgehead atoms. The van der Waals surface area contributed by atoms with E-state index in [0.29, 0.717) is 0 Å². The zero-order chi connectivity index (χ0) is 14.8. The zero-order valence-corrected chi connectivity index (χ0v) is 11.0. The predicted octanol–water partition coefficient (Wildman–Crippen LogP) is 2.18. The first kappa shape index (κ1) is 14.4. The maximum Gasteiger partial charge on any atom is 0.433 e. The number of halogens is 3. The molecule has 0 saturated heterocycles. The Morgan fingerprint density at radius 2 is 2.10 bits per heavy atom. The van der Waals surface area contributed by atoms with Crippen LogP contribution in [0.2, 0.25) is 0 Å². The molecule has 0 amide bonds. The molecule has 2 aromatic heterocycles. The summed E-state index contributed by atoms with van der Waals surface area (Å²) in [5.41, 5.74) is -0.747. The molecule has 0 aliphatic heterocycles. The average Bonchev–Trinajstić information content (AvgIpc) is 2.81. The van der Waals surface area contributed by atoms with Crippen LogP contribution >= 0.6 is 0 Å². The molecule has 1 N–H and O–H groups in total. The summed E-state index contributed by atoms with van der Waals surface area (Å²) in [5, 5.41) is 14.0. The minimum atomic E-state index is -4.51. The van der Waals surface area contributed by atoms with E-state index in [1.165, 1.54) is 24.5 Å². The molecule has 0 aliphatic rings. The van der Waals surface area contributed by atoms with Crippen molar-refractivity contribution in [3.8, 4) is 5.82 Å². The number of rotatable bonds is 4. The minimum Gasteiger partial charge on any atom is -0.310 e. The molecular formula is C12H14F3N5. The van der Waals surface area contributed by atoms with Crippen molar-refractivity contribution in [2.75, 3.05) is 0 Å². The van der Waals surface area contributed by atoms with E-state index in [2.05, 4.69) is 20.6 Å². The van der Waals surface area contributed by atoms with Gasteiger partial charge in [-0.1, -0.05) is 13.8 Å². The molecule has 0 spiro atoms. The van der Waals surface area contributed by atoms with Crippen LogP contribution in [0.1, 0.15) is 25.1 Å². The van der Waals surface area contributed by atoms with Crippen molar-refractivity contribution < 1.29 is 13.2 Å². The molecule has 0 aliphatic carbocycles. The van der Waals surface area contributed by atoms with Crippen molar-refractivity contribution in [2.24, 2.45) is 0 Å². The van der Waals surface area contributed by atoms with Crippen LogP contribution in [-0.2, 0) is 12.7 Å². The maximum absolute atomic E-state index is 13.2. The van der Waals surface area contributed by atoms with Gasteiger partial charge >= 0.3 is 6.18 Å². The van der Waals surface area contributed by atoms with E-state index in [0.717, 1.165) is 4.68 Å². The first-order valence-corrected chi connectivity index (χ1v) is 6.05. The summed E-state index contributed by atoms with van der Waals surface area (Å²) in [7, 11) is 0. The van der Waals surface area contributed by atoms with Crippen LogP contribution < -0.4 is 5.32 Å². The van der Waals surface area contributed by atoms with Gasteiger partial charge in [-0.25, -0.2) is 4.68 Å². The third-order valence-corrected chi connectivity index (χ3v) is 2.59. The number of nitrogens with one attached hydrogen (secondary N) is 1. The van der Waals surface area contributed by atoms with Crippen LogP contribution in [0.5, 0.6) is 0 Å². The molecule has 8 heteroatoms. The van der Waals surface area contributed by atoms with Crippen molar-refractivity contribution in [3.63, 3.8) is 0 Å². The summed E-state index contributed by atoms with van der Waals surface area (Å²) in [6.07, 6.45) is -1.92. The number of alkyl halides is 3.